The first-order chi connectivity index (χ1) is 7.24. The van der Waals surface area contributed by atoms with E-state index in [2.05, 4.69) is 29.8 Å². The maximum absolute atomic E-state index is 11.3. The van der Waals surface area contributed by atoms with Crippen LogP contribution in [0.4, 0.5) is 4.79 Å². The van der Waals surface area contributed by atoms with E-state index in [-0.39, 0.29) is 6.03 Å². The predicted molar refractivity (Wildman–Crippen MR) is 61.8 cm³/mol. The molecule has 1 aliphatic heterocycles. The maximum Gasteiger partial charge on any atom is 0.314 e. The summed E-state index contributed by atoms with van der Waals surface area (Å²) in [5.74, 6) is 1.28. The minimum absolute atomic E-state index is 0.0254. The zero-order valence-corrected chi connectivity index (χ0v) is 9.81. The van der Waals surface area contributed by atoms with Crippen LogP contribution < -0.4 is 16.0 Å². The summed E-state index contributed by atoms with van der Waals surface area (Å²) in [6, 6.07) is -0.0254. The van der Waals surface area contributed by atoms with E-state index in [1.54, 1.807) is 0 Å². The van der Waals surface area contributed by atoms with Crippen LogP contribution in [0.3, 0.4) is 0 Å². The Morgan fingerprint density at radius 2 is 2.27 bits per heavy atom. The highest BCUT2D eigenvalue weighted by molar-refractivity contribution is 5.73. The van der Waals surface area contributed by atoms with Gasteiger partial charge in [-0.2, -0.15) is 0 Å². The summed E-state index contributed by atoms with van der Waals surface area (Å²) in [4.78, 5) is 11.3. The monoisotopic (exact) mass is 213 g/mol. The Morgan fingerprint density at radius 3 is 2.93 bits per heavy atom. The van der Waals surface area contributed by atoms with Crippen molar-refractivity contribution in [2.75, 3.05) is 26.2 Å². The lowest BCUT2D eigenvalue weighted by molar-refractivity contribution is 0.228. The molecule has 0 aromatic carbocycles. The fourth-order valence-electron chi connectivity index (χ4n) is 1.90. The van der Waals surface area contributed by atoms with Gasteiger partial charge in [-0.1, -0.05) is 13.8 Å². The molecule has 1 heterocycles. The topological polar surface area (TPSA) is 53.2 Å². The van der Waals surface area contributed by atoms with E-state index in [9.17, 15) is 4.79 Å². The highest BCUT2D eigenvalue weighted by Gasteiger charge is 2.20. The van der Waals surface area contributed by atoms with E-state index in [4.69, 9.17) is 0 Å². The molecular formula is C11H23N3O. The summed E-state index contributed by atoms with van der Waals surface area (Å²) in [5.41, 5.74) is 0. The van der Waals surface area contributed by atoms with Crippen LogP contribution in [0, 0.1) is 11.8 Å². The molecule has 1 fully saturated rings. The lowest BCUT2D eigenvalue weighted by atomic mass is 9.88. The van der Waals surface area contributed by atoms with E-state index < -0.39 is 0 Å². The second-order valence-corrected chi connectivity index (χ2v) is 4.37. The minimum Gasteiger partial charge on any atom is -0.338 e. The van der Waals surface area contributed by atoms with E-state index in [1.165, 1.54) is 0 Å². The molecule has 2 amide bonds. The fourth-order valence-corrected chi connectivity index (χ4v) is 1.90. The van der Waals surface area contributed by atoms with Crippen LogP contribution in [0.1, 0.15) is 26.7 Å². The minimum atomic E-state index is -0.0254. The summed E-state index contributed by atoms with van der Waals surface area (Å²) in [6.07, 6.45) is 2.15. The van der Waals surface area contributed by atoms with Gasteiger partial charge in [-0.05, 0) is 37.8 Å². The molecule has 1 saturated heterocycles. The van der Waals surface area contributed by atoms with E-state index in [1.807, 2.05) is 0 Å². The molecule has 88 valence electrons. The van der Waals surface area contributed by atoms with Crippen LogP contribution in [0.5, 0.6) is 0 Å². The SMILES string of the molecule is CCCNC(=O)NCC1CCNCC1C. The van der Waals surface area contributed by atoms with Crippen LogP contribution in [0.2, 0.25) is 0 Å². The standard InChI is InChI=1S/C11H23N3O/c1-3-5-13-11(15)14-8-10-4-6-12-7-9(10)2/h9-10,12H,3-8H2,1-2H3,(H2,13,14,15). The Balaban J connectivity index is 2.14. The Bertz CT molecular complexity index is 196. The molecule has 0 spiro atoms. The molecule has 4 heteroatoms. The van der Waals surface area contributed by atoms with Crippen LogP contribution in [-0.4, -0.2) is 32.2 Å². The molecular weight excluding hydrogens is 190 g/mol. The second kappa shape index (κ2) is 6.67. The highest BCUT2D eigenvalue weighted by atomic mass is 16.2. The normalized spacial score (nSPS) is 26.0. The first-order valence-corrected chi connectivity index (χ1v) is 5.96. The molecule has 0 saturated carbocycles. The van der Waals surface area contributed by atoms with Crippen molar-refractivity contribution < 1.29 is 4.79 Å². The van der Waals surface area contributed by atoms with Crippen molar-refractivity contribution in [3.63, 3.8) is 0 Å². The quantitative estimate of drug-likeness (QED) is 0.651. The molecule has 0 aromatic heterocycles. The third-order valence-corrected chi connectivity index (χ3v) is 3.02. The van der Waals surface area contributed by atoms with Gasteiger partial charge in [-0.15, -0.1) is 0 Å². The van der Waals surface area contributed by atoms with Gasteiger partial charge in [0.05, 0.1) is 0 Å². The van der Waals surface area contributed by atoms with Crippen molar-refractivity contribution in [2.45, 2.75) is 26.7 Å². The molecule has 0 aliphatic carbocycles. The Kier molecular flexibility index (Phi) is 5.47. The van der Waals surface area contributed by atoms with Gasteiger partial charge in [0.2, 0.25) is 0 Å². The number of nitrogens with one attached hydrogen (secondary N) is 3. The van der Waals surface area contributed by atoms with Gasteiger partial charge in [-0.25, -0.2) is 4.79 Å². The van der Waals surface area contributed by atoms with Gasteiger partial charge < -0.3 is 16.0 Å². The molecule has 15 heavy (non-hydrogen) atoms. The van der Waals surface area contributed by atoms with Crippen LogP contribution in [0.25, 0.3) is 0 Å². The van der Waals surface area contributed by atoms with Crippen molar-refractivity contribution >= 4 is 6.03 Å². The Labute approximate surface area is 92.2 Å². The molecule has 3 N–H and O–H groups in total. The highest BCUT2D eigenvalue weighted by Crippen LogP contribution is 2.17. The molecule has 0 bridgehead atoms. The third kappa shape index (κ3) is 4.51. The number of hydrogen-bond donors (Lipinski definition) is 3. The van der Waals surface area contributed by atoms with Gasteiger partial charge in [0.1, 0.15) is 0 Å². The molecule has 0 radical (unpaired) electrons. The van der Waals surface area contributed by atoms with Crippen molar-refractivity contribution in [1.82, 2.24) is 16.0 Å². The fraction of sp³-hybridized carbons (Fsp3) is 0.909. The van der Waals surface area contributed by atoms with Crippen molar-refractivity contribution in [2.24, 2.45) is 11.8 Å². The van der Waals surface area contributed by atoms with Gasteiger partial charge in [0, 0.05) is 13.1 Å². The van der Waals surface area contributed by atoms with Crippen molar-refractivity contribution in [1.29, 1.82) is 0 Å². The summed E-state index contributed by atoms with van der Waals surface area (Å²) in [6.45, 7) is 8.00. The summed E-state index contributed by atoms with van der Waals surface area (Å²) >= 11 is 0. The average molecular weight is 213 g/mol. The maximum atomic E-state index is 11.3. The van der Waals surface area contributed by atoms with Crippen molar-refractivity contribution in [3.8, 4) is 0 Å². The number of rotatable bonds is 4. The average Bonchev–Trinajstić information content (AvgIpc) is 2.25. The molecule has 0 aromatic rings. The van der Waals surface area contributed by atoms with E-state index >= 15 is 0 Å². The summed E-state index contributed by atoms with van der Waals surface area (Å²) in [7, 11) is 0. The van der Waals surface area contributed by atoms with E-state index in [0.717, 1.165) is 39.0 Å². The first kappa shape index (κ1) is 12.3. The van der Waals surface area contributed by atoms with Crippen LogP contribution in [0.15, 0.2) is 0 Å². The smallest absolute Gasteiger partial charge is 0.314 e. The molecule has 1 rings (SSSR count). The summed E-state index contributed by atoms with van der Waals surface area (Å²) < 4.78 is 0. The third-order valence-electron chi connectivity index (χ3n) is 3.02. The lowest BCUT2D eigenvalue weighted by Gasteiger charge is -2.29. The number of urea groups is 1. The zero-order valence-electron chi connectivity index (χ0n) is 9.81. The van der Waals surface area contributed by atoms with Gasteiger partial charge in [-0.3, -0.25) is 0 Å². The predicted octanol–water partition coefficient (Wildman–Crippen LogP) is 0.941. The van der Waals surface area contributed by atoms with Gasteiger partial charge in [0.25, 0.3) is 0 Å². The van der Waals surface area contributed by atoms with Gasteiger partial charge in [0.15, 0.2) is 0 Å². The number of hydrogen-bond acceptors (Lipinski definition) is 2. The van der Waals surface area contributed by atoms with Crippen molar-refractivity contribution in [3.05, 3.63) is 0 Å². The first-order valence-electron chi connectivity index (χ1n) is 5.96. The molecule has 2 unspecified atom stereocenters. The number of piperidine rings is 1. The Morgan fingerprint density at radius 1 is 1.47 bits per heavy atom. The van der Waals surface area contributed by atoms with Crippen LogP contribution >= 0.6 is 0 Å². The number of amides is 2. The zero-order chi connectivity index (χ0) is 11.1. The van der Waals surface area contributed by atoms with Crippen LogP contribution in [-0.2, 0) is 0 Å². The molecule has 2 atom stereocenters. The van der Waals surface area contributed by atoms with Gasteiger partial charge >= 0.3 is 6.03 Å². The summed E-state index contributed by atoms with van der Waals surface area (Å²) in [5, 5.41) is 9.12. The largest absolute Gasteiger partial charge is 0.338 e. The number of carbonyl (C=O) groups is 1. The molecule has 4 nitrogen and oxygen atoms in total. The second-order valence-electron chi connectivity index (χ2n) is 4.37. The lowest BCUT2D eigenvalue weighted by Crippen LogP contribution is -2.44. The van der Waals surface area contributed by atoms with E-state index in [0.29, 0.717) is 11.8 Å². The number of carbonyl (C=O) groups excluding carboxylic acids is 1. The Hall–Kier alpha value is -0.770. The molecule has 1 aliphatic rings.